The van der Waals surface area contributed by atoms with Gasteiger partial charge in [0.1, 0.15) is 0 Å². The Morgan fingerprint density at radius 3 is 2.36 bits per heavy atom. The van der Waals surface area contributed by atoms with E-state index in [0.717, 1.165) is 44.1 Å². The number of carbonyl (C=O) groups excluding carboxylic acids is 3. The van der Waals surface area contributed by atoms with Gasteiger partial charge in [0, 0.05) is 29.9 Å². The van der Waals surface area contributed by atoms with Crippen molar-refractivity contribution in [3.63, 3.8) is 0 Å². The van der Waals surface area contributed by atoms with Crippen LogP contribution in [0.15, 0.2) is 48.5 Å². The van der Waals surface area contributed by atoms with Crippen molar-refractivity contribution >= 4 is 29.1 Å². The third kappa shape index (κ3) is 4.26. The molecule has 1 aliphatic carbocycles. The average molecular weight is 448 g/mol. The van der Waals surface area contributed by atoms with Crippen LogP contribution in [0.5, 0.6) is 0 Å². The first kappa shape index (κ1) is 23.0. The number of anilines is 2. The number of fused-ring (bicyclic) bond motifs is 1. The summed E-state index contributed by atoms with van der Waals surface area (Å²) in [6.07, 6.45) is 5.61. The van der Waals surface area contributed by atoms with Crippen LogP contribution < -0.4 is 10.6 Å². The fourth-order valence-electron chi connectivity index (χ4n) is 5.70. The predicted molar refractivity (Wildman–Crippen MR) is 130 cm³/mol. The van der Waals surface area contributed by atoms with Crippen LogP contribution in [0.2, 0.25) is 0 Å². The van der Waals surface area contributed by atoms with Gasteiger partial charge in [-0.15, -0.1) is 0 Å². The molecule has 2 atom stereocenters. The van der Waals surface area contributed by atoms with Crippen LogP contribution in [0.1, 0.15) is 81.1 Å². The molecule has 2 aromatic carbocycles. The molecule has 0 aromatic heterocycles. The molecule has 1 saturated carbocycles. The molecule has 0 radical (unpaired) electrons. The lowest BCUT2D eigenvalue weighted by molar-refractivity contribution is -0.123. The minimum atomic E-state index is -0.529. The van der Waals surface area contributed by atoms with Crippen LogP contribution in [-0.2, 0) is 9.59 Å². The Bertz CT molecular complexity index is 1060. The van der Waals surface area contributed by atoms with E-state index in [1.165, 1.54) is 6.92 Å². The Morgan fingerprint density at radius 1 is 1.03 bits per heavy atom. The van der Waals surface area contributed by atoms with Crippen LogP contribution in [0.4, 0.5) is 11.4 Å². The third-order valence-electron chi connectivity index (χ3n) is 7.20. The number of nitrogens with zero attached hydrogens (tertiary/aromatic N) is 1. The number of nitrogens with one attached hydrogen (secondary N) is 2. The van der Waals surface area contributed by atoms with E-state index in [0.29, 0.717) is 16.9 Å². The lowest BCUT2D eigenvalue weighted by Gasteiger charge is -2.55. The van der Waals surface area contributed by atoms with Crippen molar-refractivity contribution in [2.45, 2.75) is 76.8 Å². The second kappa shape index (κ2) is 9.38. The molecule has 2 aromatic rings. The average Bonchev–Trinajstić information content (AvgIpc) is 2.79. The van der Waals surface area contributed by atoms with Gasteiger partial charge in [-0.05, 0) is 56.0 Å². The van der Waals surface area contributed by atoms with Gasteiger partial charge in [-0.3, -0.25) is 14.4 Å². The fraction of sp³-hybridized carbons (Fsp3) is 0.444. The first-order valence-corrected chi connectivity index (χ1v) is 12.0. The van der Waals surface area contributed by atoms with E-state index in [4.69, 9.17) is 0 Å². The van der Waals surface area contributed by atoms with E-state index in [-0.39, 0.29) is 23.8 Å². The second-order valence-electron chi connectivity index (χ2n) is 9.37. The molecule has 3 amide bonds. The summed E-state index contributed by atoms with van der Waals surface area (Å²) in [5, 5.41) is 5.86. The minimum absolute atomic E-state index is 0.0403. The van der Waals surface area contributed by atoms with Crippen molar-refractivity contribution in [3.05, 3.63) is 59.7 Å². The first-order chi connectivity index (χ1) is 15.9. The minimum Gasteiger partial charge on any atom is -0.329 e. The lowest BCUT2D eigenvalue weighted by atomic mass is 9.64. The van der Waals surface area contributed by atoms with E-state index in [9.17, 15) is 14.4 Å². The van der Waals surface area contributed by atoms with Crippen LogP contribution in [0.25, 0.3) is 0 Å². The van der Waals surface area contributed by atoms with Crippen LogP contribution in [0, 0.1) is 0 Å². The molecule has 0 unspecified atom stereocenters. The molecule has 6 nitrogen and oxygen atoms in total. The zero-order valence-corrected chi connectivity index (χ0v) is 19.7. The van der Waals surface area contributed by atoms with Gasteiger partial charge in [0.25, 0.3) is 5.91 Å². The summed E-state index contributed by atoms with van der Waals surface area (Å²) in [5.41, 5.74) is 2.17. The van der Waals surface area contributed by atoms with Gasteiger partial charge in [-0.1, -0.05) is 50.5 Å². The van der Waals surface area contributed by atoms with Crippen LogP contribution >= 0.6 is 0 Å². The van der Waals surface area contributed by atoms with E-state index in [1.807, 2.05) is 35.2 Å². The highest BCUT2D eigenvalue weighted by Gasteiger charge is 2.55. The normalized spacial score (nSPS) is 20.2. The Hall–Kier alpha value is -3.15. The van der Waals surface area contributed by atoms with Gasteiger partial charge >= 0.3 is 0 Å². The largest absolute Gasteiger partial charge is 0.329 e. The van der Waals surface area contributed by atoms with Gasteiger partial charge in [-0.2, -0.15) is 0 Å². The molecule has 33 heavy (non-hydrogen) atoms. The van der Waals surface area contributed by atoms with Gasteiger partial charge in [0.15, 0.2) is 0 Å². The number of hydrogen-bond donors (Lipinski definition) is 2. The molecule has 1 spiro atoms. The Morgan fingerprint density at radius 2 is 1.70 bits per heavy atom. The molecule has 0 saturated heterocycles. The standard InChI is InChI=1S/C27H33N3O3/c1-4-18(2)30-26(33)23-14-7-6-13-22(23)24(27(30)15-8-5-9-16-27)25(32)29-21-12-10-11-20(17-21)28-19(3)31/h6-7,10-14,17-18,24H,4-5,8-9,15-16H2,1-3H3,(H,28,31)(H,29,32)/t18-,24+/m1/s1. The zero-order valence-electron chi connectivity index (χ0n) is 19.7. The molecular formula is C27H33N3O3. The van der Waals surface area contributed by atoms with E-state index < -0.39 is 11.5 Å². The Balaban J connectivity index is 1.78. The van der Waals surface area contributed by atoms with Gasteiger partial charge < -0.3 is 15.5 Å². The van der Waals surface area contributed by atoms with E-state index in [1.54, 1.807) is 18.2 Å². The Kier molecular flexibility index (Phi) is 6.54. The molecule has 2 aliphatic rings. The summed E-state index contributed by atoms with van der Waals surface area (Å²) in [5.74, 6) is -0.683. The summed E-state index contributed by atoms with van der Waals surface area (Å²) in [4.78, 5) is 41.2. The summed E-state index contributed by atoms with van der Waals surface area (Å²) in [7, 11) is 0. The molecule has 6 heteroatoms. The molecule has 174 valence electrons. The van der Waals surface area contributed by atoms with E-state index >= 15 is 0 Å². The number of hydrogen-bond acceptors (Lipinski definition) is 3. The maximum absolute atomic E-state index is 14.0. The number of benzene rings is 2. The van der Waals surface area contributed by atoms with Crippen molar-refractivity contribution in [3.8, 4) is 0 Å². The van der Waals surface area contributed by atoms with Crippen molar-refractivity contribution in [1.29, 1.82) is 0 Å². The van der Waals surface area contributed by atoms with Crippen molar-refractivity contribution < 1.29 is 14.4 Å². The highest BCUT2D eigenvalue weighted by Crippen LogP contribution is 2.50. The van der Waals surface area contributed by atoms with Crippen molar-refractivity contribution in [2.75, 3.05) is 10.6 Å². The maximum atomic E-state index is 14.0. The summed E-state index contributed by atoms with van der Waals surface area (Å²) < 4.78 is 0. The highest BCUT2D eigenvalue weighted by molar-refractivity contribution is 6.05. The summed E-state index contributed by atoms with van der Waals surface area (Å²) in [6.45, 7) is 5.64. The molecule has 2 N–H and O–H groups in total. The molecule has 0 bridgehead atoms. The zero-order chi connectivity index (χ0) is 23.6. The summed E-state index contributed by atoms with van der Waals surface area (Å²) in [6, 6.07) is 14.8. The molecule has 4 rings (SSSR count). The maximum Gasteiger partial charge on any atom is 0.254 e. The lowest BCUT2D eigenvalue weighted by Crippen LogP contribution is -2.64. The topological polar surface area (TPSA) is 78.5 Å². The summed E-state index contributed by atoms with van der Waals surface area (Å²) >= 11 is 0. The first-order valence-electron chi connectivity index (χ1n) is 12.0. The molecule has 1 heterocycles. The van der Waals surface area contributed by atoms with Gasteiger partial charge in [0.2, 0.25) is 11.8 Å². The predicted octanol–water partition coefficient (Wildman–Crippen LogP) is 5.32. The monoisotopic (exact) mass is 447 g/mol. The van der Waals surface area contributed by atoms with Crippen LogP contribution in [-0.4, -0.2) is 34.2 Å². The SMILES string of the molecule is CC[C@@H](C)N1C(=O)c2ccccc2[C@@H](C(=O)Nc2cccc(NC(C)=O)c2)C12CCCCC2. The highest BCUT2D eigenvalue weighted by atomic mass is 16.2. The van der Waals surface area contributed by atoms with Crippen LogP contribution in [0.3, 0.4) is 0 Å². The quantitative estimate of drug-likeness (QED) is 0.651. The van der Waals surface area contributed by atoms with Crippen molar-refractivity contribution in [1.82, 2.24) is 4.90 Å². The molecule has 1 aliphatic heterocycles. The van der Waals surface area contributed by atoms with Gasteiger partial charge in [-0.25, -0.2) is 0 Å². The number of rotatable bonds is 5. The second-order valence-corrected chi connectivity index (χ2v) is 9.37. The smallest absolute Gasteiger partial charge is 0.254 e. The molecule has 1 fully saturated rings. The Labute approximate surface area is 195 Å². The third-order valence-corrected chi connectivity index (χ3v) is 7.20. The number of carbonyl (C=O) groups is 3. The molecular weight excluding hydrogens is 414 g/mol. The number of amides is 3. The van der Waals surface area contributed by atoms with E-state index in [2.05, 4.69) is 24.5 Å². The van der Waals surface area contributed by atoms with Gasteiger partial charge in [0.05, 0.1) is 11.5 Å². The van der Waals surface area contributed by atoms with Crippen molar-refractivity contribution in [2.24, 2.45) is 0 Å². The fourth-order valence-corrected chi connectivity index (χ4v) is 5.70.